The monoisotopic (exact) mass is 403 g/mol. The molecule has 0 heterocycles. The average Bonchev–Trinajstić information content (AvgIpc) is 2.57. The second kappa shape index (κ2) is 10.1. The molecule has 0 unspecified atom stereocenters. The molecule has 0 saturated carbocycles. The van der Waals surface area contributed by atoms with E-state index in [0.29, 0.717) is 5.69 Å². The van der Waals surface area contributed by atoms with Crippen LogP contribution >= 0.6 is 0 Å². The molecule has 29 heavy (non-hydrogen) atoms. The van der Waals surface area contributed by atoms with Crippen LogP contribution in [-0.2, 0) is 20.9 Å². The summed E-state index contributed by atoms with van der Waals surface area (Å²) in [6, 6.07) is 7.17. The molecule has 0 fully saturated rings. The normalized spacial score (nSPS) is 12.2. The van der Waals surface area contributed by atoms with Gasteiger partial charge in [0, 0.05) is 18.3 Å². The van der Waals surface area contributed by atoms with Crippen LogP contribution in [0.3, 0.4) is 0 Å². The first kappa shape index (κ1) is 24.2. The Bertz CT molecular complexity index is 771. The number of ether oxygens (including phenoxy) is 1. The van der Waals surface area contributed by atoms with Crippen molar-refractivity contribution in [2.24, 2.45) is 5.41 Å². The zero-order valence-corrected chi connectivity index (χ0v) is 18.4. The number of carbonyl (C=O) groups is 3. The Morgan fingerprint density at radius 3 is 2.21 bits per heavy atom. The van der Waals surface area contributed by atoms with Gasteiger partial charge in [0.05, 0.1) is 0 Å². The van der Waals surface area contributed by atoms with E-state index in [4.69, 9.17) is 4.74 Å². The van der Waals surface area contributed by atoms with E-state index in [9.17, 15) is 14.4 Å². The lowest BCUT2D eigenvalue weighted by Gasteiger charge is -2.19. The molecule has 0 saturated heterocycles. The molecule has 160 valence electrons. The average molecular weight is 404 g/mol. The van der Waals surface area contributed by atoms with Gasteiger partial charge in [0.2, 0.25) is 11.8 Å². The molecular formula is C22H33N3O4. The third-order valence-corrected chi connectivity index (χ3v) is 4.07. The molecule has 3 amide bonds. The van der Waals surface area contributed by atoms with Crippen molar-refractivity contribution < 1.29 is 19.1 Å². The maximum Gasteiger partial charge on any atom is 0.408 e. The second-order valence-corrected chi connectivity index (χ2v) is 8.86. The maximum atomic E-state index is 12.2. The summed E-state index contributed by atoms with van der Waals surface area (Å²) in [6.45, 7) is 13.3. The van der Waals surface area contributed by atoms with Crippen LogP contribution in [-0.4, -0.2) is 30.1 Å². The van der Waals surface area contributed by atoms with Gasteiger partial charge in [-0.1, -0.05) is 44.5 Å². The van der Waals surface area contributed by atoms with Gasteiger partial charge in [-0.15, -0.1) is 0 Å². The molecule has 7 nitrogen and oxygen atoms in total. The summed E-state index contributed by atoms with van der Waals surface area (Å²) in [5, 5.41) is 7.99. The minimum atomic E-state index is -0.658. The Kier molecular flexibility index (Phi) is 8.42. The summed E-state index contributed by atoms with van der Waals surface area (Å²) in [5.74, 6) is -0.580. The van der Waals surface area contributed by atoms with Gasteiger partial charge in [-0.25, -0.2) is 4.79 Å². The van der Waals surface area contributed by atoms with Gasteiger partial charge in [-0.05, 0) is 44.7 Å². The maximum absolute atomic E-state index is 12.2. The van der Waals surface area contributed by atoms with E-state index in [1.54, 1.807) is 39.0 Å². The largest absolute Gasteiger partial charge is 0.444 e. The quantitative estimate of drug-likeness (QED) is 0.630. The second-order valence-electron chi connectivity index (χ2n) is 8.86. The first-order chi connectivity index (χ1) is 13.3. The van der Waals surface area contributed by atoms with Crippen molar-refractivity contribution in [1.29, 1.82) is 0 Å². The molecule has 1 aromatic carbocycles. The highest BCUT2D eigenvalue weighted by atomic mass is 16.6. The van der Waals surface area contributed by atoms with E-state index in [1.807, 2.05) is 39.8 Å². The van der Waals surface area contributed by atoms with E-state index in [-0.39, 0.29) is 24.4 Å². The number of hydrogen-bond acceptors (Lipinski definition) is 4. The summed E-state index contributed by atoms with van der Waals surface area (Å²) >= 11 is 0. The van der Waals surface area contributed by atoms with Crippen molar-refractivity contribution >= 4 is 23.6 Å². The number of hydrogen-bond donors (Lipinski definition) is 3. The van der Waals surface area contributed by atoms with E-state index in [0.717, 1.165) is 11.1 Å². The zero-order valence-electron chi connectivity index (χ0n) is 18.4. The van der Waals surface area contributed by atoms with Crippen LogP contribution in [0.25, 0.3) is 0 Å². The third-order valence-electron chi connectivity index (χ3n) is 4.07. The topological polar surface area (TPSA) is 96.5 Å². The minimum Gasteiger partial charge on any atom is -0.444 e. The smallest absolute Gasteiger partial charge is 0.408 e. The molecule has 0 aliphatic rings. The molecular weight excluding hydrogens is 370 g/mol. The third kappa shape index (κ3) is 9.78. The van der Waals surface area contributed by atoms with Crippen molar-refractivity contribution in [3.8, 4) is 0 Å². The van der Waals surface area contributed by atoms with Crippen LogP contribution in [0.15, 0.2) is 35.9 Å². The Morgan fingerprint density at radius 1 is 1.00 bits per heavy atom. The lowest BCUT2D eigenvalue weighted by molar-refractivity contribution is -0.117. The van der Waals surface area contributed by atoms with Crippen molar-refractivity contribution in [2.45, 2.75) is 60.6 Å². The fourth-order valence-electron chi connectivity index (χ4n) is 2.10. The number of alkyl carbamates (subject to hydrolysis) is 1. The predicted octanol–water partition coefficient (Wildman–Crippen LogP) is 3.76. The Labute approximate surface area is 173 Å². The van der Waals surface area contributed by atoms with Crippen LogP contribution < -0.4 is 16.0 Å². The van der Waals surface area contributed by atoms with Gasteiger partial charge >= 0.3 is 6.09 Å². The first-order valence-corrected chi connectivity index (χ1v) is 9.59. The highest BCUT2D eigenvalue weighted by Gasteiger charge is 2.17. The van der Waals surface area contributed by atoms with Crippen molar-refractivity contribution in [3.63, 3.8) is 0 Å². The molecule has 0 aliphatic heterocycles. The van der Waals surface area contributed by atoms with Gasteiger partial charge < -0.3 is 20.7 Å². The SMILES string of the molecule is C/C(=C\C(=O)NCc1ccccc1NC(=O)CNC(=O)OC(C)(C)C)C(C)(C)C. The van der Waals surface area contributed by atoms with Crippen LogP contribution in [0.2, 0.25) is 0 Å². The number of anilines is 1. The number of nitrogens with one attached hydrogen (secondary N) is 3. The van der Waals surface area contributed by atoms with E-state index in [2.05, 4.69) is 16.0 Å². The van der Waals surface area contributed by atoms with Gasteiger partial charge in [0.25, 0.3) is 0 Å². The predicted molar refractivity (Wildman–Crippen MR) is 114 cm³/mol. The molecule has 0 spiro atoms. The molecule has 0 aliphatic carbocycles. The number of amides is 3. The van der Waals surface area contributed by atoms with Gasteiger partial charge in [0.15, 0.2) is 0 Å². The van der Waals surface area contributed by atoms with E-state index in [1.165, 1.54) is 0 Å². The fourth-order valence-corrected chi connectivity index (χ4v) is 2.10. The van der Waals surface area contributed by atoms with Gasteiger partial charge in [-0.2, -0.15) is 0 Å². The Morgan fingerprint density at radius 2 is 1.62 bits per heavy atom. The number of carbonyl (C=O) groups excluding carboxylic acids is 3. The lowest BCUT2D eigenvalue weighted by Crippen LogP contribution is -2.37. The summed E-state index contributed by atoms with van der Waals surface area (Å²) in [5.41, 5.74) is 1.59. The zero-order chi connectivity index (χ0) is 22.2. The van der Waals surface area contributed by atoms with Crippen LogP contribution in [0.4, 0.5) is 10.5 Å². The van der Waals surface area contributed by atoms with Gasteiger partial charge in [0.1, 0.15) is 12.1 Å². The lowest BCUT2D eigenvalue weighted by atomic mass is 9.87. The Hall–Kier alpha value is -2.83. The summed E-state index contributed by atoms with van der Waals surface area (Å²) in [7, 11) is 0. The fraction of sp³-hybridized carbons (Fsp3) is 0.500. The highest BCUT2D eigenvalue weighted by molar-refractivity contribution is 5.94. The van der Waals surface area contributed by atoms with Crippen LogP contribution in [0.5, 0.6) is 0 Å². The molecule has 7 heteroatoms. The molecule has 0 atom stereocenters. The number of rotatable bonds is 6. The van der Waals surface area contributed by atoms with Crippen molar-refractivity contribution in [1.82, 2.24) is 10.6 Å². The van der Waals surface area contributed by atoms with E-state index < -0.39 is 17.6 Å². The molecule has 3 N–H and O–H groups in total. The summed E-state index contributed by atoms with van der Waals surface area (Å²) in [4.78, 5) is 36.0. The van der Waals surface area contributed by atoms with Crippen LogP contribution in [0, 0.1) is 5.41 Å². The van der Waals surface area contributed by atoms with Crippen molar-refractivity contribution in [3.05, 3.63) is 41.5 Å². The number of benzene rings is 1. The molecule has 1 rings (SSSR count). The highest BCUT2D eigenvalue weighted by Crippen LogP contribution is 2.24. The Balaban J connectivity index is 2.64. The number of para-hydroxylation sites is 1. The van der Waals surface area contributed by atoms with E-state index >= 15 is 0 Å². The minimum absolute atomic E-state index is 0.0790. The standard InChI is InChI=1S/C22H33N3O4/c1-15(21(2,3)4)12-18(26)23-13-16-10-8-9-11-17(16)25-19(27)14-24-20(28)29-22(5,6)7/h8-12H,13-14H2,1-7H3,(H,23,26)(H,24,28)(H,25,27)/b15-12+. The van der Waals surface area contributed by atoms with Gasteiger partial charge in [-0.3, -0.25) is 9.59 Å². The summed E-state index contributed by atoms with van der Waals surface area (Å²) in [6.07, 6.45) is 0.931. The number of allylic oxidation sites excluding steroid dienone is 1. The van der Waals surface area contributed by atoms with Crippen molar-refractivity contribution in [2.75, 3.05) is 11.9 Å². The first-order valence-electron chi connectivity index (χ1n) is 9.59. The molecule has 0 aromatic heterocycles. The molecule has 1 aromatic rings. The molecule has 0 radical (unpaired) electrons. The van der Waals surface area contributed by atoms with Crippen LogP contribution in [0.1, 0.15) is 54.0 Å². The summed E-state index contributed by atoms with van der Waals surface area (Å²) < 4.78 is 5.10. The molecule has 0 bridgehead atoms.